The fraction of sp³-hybridized carbons (Fsp3) is 0.167. The minimum Gasteiger partial charge on any atom is -0.0984 e. The van der Waals surface area contributed by atoms with Crippen molar-refractivity contribution >= 4 is 61.2 Å². The lowest BCUT2D eigenvalue weighted by Crippen LogP contribution is -2.31. The molecule has 0 aromatic heterocycles. The van der Waals surface area contributed by atoms with E-state index >= 15 is 0 Å². The van der Waals surface area contributed by atoms with Crippen molar-refractivity contribution in [2.75, 3.05) is 0 Å². The maximum atomic E-state index is 4.44. The van der Waals surface area contributed by atoms with Crippen LogP contribution in [0, 0.1) is 0 Å². The minimum atomic E-state index is -0.105. The van der Waals surface area contributed by atoms with Crippen molar-refractivity contribution in [1.82, 2.24) is 0 Å². The summed E-state index contributed by atoms with van der Waals surface area (Å²) >= 11 is 0. The smallest absolute Gasteiger partial charge is 0.0155 e. The molecular formula is C60H60. The van der Waals surface area contributed by atoms with Gasteiger partial charge < -0.3 is 0 Å². The lowest BCUT2D eigenvalue weighted by atomic mass is 9.79. The van der Waals surface area contributed by atoms with Gasteiger partial charge in [0.15, 0.2) is 0 Å². The molecule has 0 spiro atoms. The molecule has 0 saturated carbocycles. The maximum Gasteiger partial charge on any atom is 0.0155 e. The fourth-order valence-electron chi connectivity index (χ4n) is 9.11. The van der Waals surface area contributed by atoms with Crippen LogP contribution in [-0.4, -0.2) is 0 Å². The molecule has 1 aliphatic rings. The topological polar surface area (TPSA) is 0 Å². The molecule has 0 amide bonds. The molecular weight excluding hydrogens is 721 g/mol. The van der Waals surface area contributed by atoms with Crippen molar-refractivity contribution in [3.05, 3.63) is 209 Å². The molecule has 0 heteroatoms. The van der Waals surface area contributed by atoms with Crippen LogP contribution in [0.25, 0.3) is 83.4 Å². The van der Waals surface area contributed by atoms with Crippen LogP contribution in [0.4, 0.5) is 0 Å². The van der Waals surface area contributed by atoms with Crippen LogP contribution in [0.1, 0.15) is 85.1 Å². The molecule has 0 atom stereocenters. The zero-order chi connectivity index (χ0) is 41.8. The highest BCUT2D eigenvalue weighted by Crippen LogP contribution is 2.48. The van der Waals surface area contributed by atoms with Crippen LogP contribution in [0.3, 0.4) is 0 Å². The molecule has 0 aliphatic heterocycles. The van der Waals surface area contributed by atoms with Crippen LogP contribution in [-0.2, 0) is 5.41 Å². The Kier molecular flexibility index (Phi) is 13.1. The maximum absolute atomic E-state index is 4.44. The summed E-state index contributed by atoms with van der Waals surface area (Å²) in [4.78, 5) is 0. The summed E-state index contributed by atoms with van der Waals surface area (Å²) < 4.78 is 0. The Bertz CT molecular complexity index is 3040. The minimum absolute atomic E-state index is 0. The number of benzene rings is 7. The van der Waals surface area contributed by atoms with Crippen LogP contribution in [0.15, 0.2) is 177 Å². The van der Waals surface area contributed by atoms with E-state index in [0.717, 1.165) is 16.7 Å². The monoisotopic (exact) mass is 780 g/mol. The van der Waals surface area contributed by atoms with Gasteiger partial charge >= 0.3 is 0 Å². The summed E-state index contributed by atoms with van der Waals surface area (Å²) in [6.45, 7) is 26.2. The molecule has 1 aliphatic carbocycles. The van der Waals surface area contributed by atoms with Gasteiger partial charge in [0.25, 0.3) is 0 Å². The first-order valence-corrected chi connectivity index (χ1v) is 21.1. The van der Waals surface area contributed by atoms with E-state index in [1.807, 2.05) is 19.9 Å². The Morgan fingerprint density at radius 2 is 1.23 bits per heavy atom. The molecule has 0 fully saturated rings. The average Bonchev–Trinajstić information content (AvgIpc) is 3.46. The summed E-state index contributed by atoms with van der Waals surface area (Å²) in [5.74, 6) is 0. The molecule has 0 bridgehead atoms. The zero-order valence-corrected chi connectivity index (χ0v) is 36.1. The highest BCUT2D eigenvalue weighted by molar-refractivity contribution is 6.07. The van der Waals surface area contributed by atoms with Gasteiger partial charge in [-0.15, -0.1) is 0 Å². The van der Waals surface area contributed by atoms with Crippen LogP contribution in [0.5, 0.6) is 0 Å². The predicted molar refractivity (Wildman–Crippen MR) is 271 cm³/mol. The van der Waals surface area contributed by atoms with Crippen LogP contribution in [0.2, 0.25) is 0 Å². The number of hydrogen-bond donors (Lipinski definition) is 0. The Labute approximate surface area is 359 Å². The lowest BCUT2D eigenvalue weighted by Gasteiger charge is -2.24. The van der Waals surface area contributed by atoms with E-state index in [1.54, 1.807) is 0 Å². The van der Waals surface area contributed by atoms with Gasteiger partial charge in [0.2, 0.25) is 0 Å². The van der Waals surface area contributed by atoms with E-state index in [4.69, 9.17) is 0 Å². The van der Waals surface area contributed by atoms with Crippen molar-refractivity contribution in [3.63, 3.8) is 0 Å². The van der Waals surface area contributed by atoms with Crippen molar-refractivity contribution < 1.29 is 0 Å². The van der Waals surface area contributed by atoms with E-state index in [-0.39, 0.29) is 12.8 Å². The summed E-state index contributed by atoms with van der Waals surface area (Å²) in [6.07, 6.45) is 17.4. The number of hydrogen-bond acceptors (Lipinski definition) is 0. The van der Waals surface area contributed by atoms with Crippen molar-refractivity contribution in [2.45, 2.75) is 68.2 Å². The Hall–Kier alpha value is -6.50. The first-order valence-electron chi connectivity index (χ1n) is 21.1. The molecule has 300 valence electrons. The second-order valence-corrected chi connectivity index (χ2v) is 15.7. The molecule has 0 nitrogen and oxygen atoms in total. The standard InChI is InChI=1S/C57H50.C2H6.CH4/c1-9-18-53-38(6)50-31-30-47(36-54(50)57(53,7)8)56-49(12-4)48(11-3)55(39(10-2)24-17-19-37(5)42-27-25-40-20-13-15-22-43(40)33-42)51-32-29-46(35-52(51)56)45-28-26-41-21-14-16-23-44(41)34-45;1-2;/h9-36H,2,5H2,1,3-4,6-8H3;1-2H3;1H4/b18-9-,19-17-,39-24+,48-11+,49-12+;;. The van der Waals surface area contributed by atoms with Gasteiger partial charge in [-0.05, 0) is 162 Å². The highest BCUT2D eigenvalue weighted by atomic mass is 14.4. The molecule has 60 heavy (non-hydrogen) atoms. The van der Waals surface area contributed by atoms with Gasteiger partial charge in [0.05, 0.1) is 0 Å². The zero-order valence-electron chi connectivity index (χ0n) is 36.1. The first kappa shape index (κ1) is 43.1. The summed E-state index contributed by atoms with van der Waals surface area (Å²) in [5, 5.41) is 9.78. The summed E-state index contributed by atoms with van der Waals surface area (Å²) in [6, 6.07) is 44.6. The molecule has 8 rings (SSSR count). The van der Waals surface area contributed by atoms with Gasteiger partial charge in [-0.3, -0.25) is 0 Å². The lowest BCUT2D eigenvalue weighted by molar-refractivity contribution is 0.654. The van der Waals surface area contributed by atoms with E-state index in [9.17, 15) is 0 Å². The summed E-state index contributed by atoms with van der Waals surface area (Å²) in [5.41, 5.74) is 14.6. The molecule has 0 N–H and O–H groups in total. The summed E-state index contributed by atoms with van der Waals surface area (Å²) in [7, 11) is 0. The molecule has 0 unspecified atom stereocenters. The van der Waals surface area contributed by atoms with E-state index in [1.165, 1.54) is 92.8 Å². The van der Waals surface area contributed by atoms with Crippen molar-refractivity contribution in [2.24, 2.45) is 0 Å². The van der Waals surface area contributed by atoms with Crippen molar-refractivity contribution in [1.29, 1.82) is 0 Å². The molecule has 7 aromatic rings. The molecule has 0 radical (unpaired) electrons. The third-order valence-corrected chi connectivity index (χ3v) is 12.0. The Morgan fingerprint density at radius 3 is 1.88 bits per heavy atom. The van der Waals surface area contributed by atoms with Gasteiger partial charge in [0.1, 0.15) is 0 Å². The van der Waals surface area contributed by atoms with Crippen LogP contribution >= 0.6 is 0 Å². The van der Waals surface area contributed by atoms with Crippen molar-refractivity contribution in [3.8, 4) is 22.3 Å². The molecule has 0 saturated heterocycles. The molecule has 7 aromatic carbocycles. The van der Waals surface area contributed by atoms with Gasteiger partial charge in [-0.25, -0.2) is 0 Å². The quantitative estimate of drug-likeness (QED) is 0.135. The van der Waals surface area contributed by atoms with Gasteiger partial charge in [-0.1, -0.05) is 194 Å². The average molecular weight is 781 g/mol. The first-order chi connectivity index (χ1) is 28.7. The van der Waals surface area contributed by atoms with E-state index in [0.29, 0.717) is 0 Å². The second-order valence-electron chi connectivity index (χ2n) is 15.7. The third kappa shape index (κ3) is 7.71. The third-order valence-electron chi connectivity index (χ3n) is 12.0. The predicted octanol–water partition coefficient (Wildman–Crippen LogP) is 16.2. The highest BCUT2D eigenvalue weighted by Gasteiger charge is 2.35. The Morgan fingerprint density at radius 1 is 0.633 bits per heavy atom. The largest absolute Gasteiger partial charge is 0.0984 e. The van der Waals surface area contributed by atoms with Gasteiger partial charge in [-0.2, -0.15) is 0 Å². The Balaban J connectivity index is 0.00000198. The normalized spacial score (nSPS) is 14.2. The van der Waals surface area contributed by atoms with Gasteiger partial charge in [0, 0.05) is 5.41 Å². The van der Waals surface area contributed by atoms with E-state index < -0.39 is 0 Å². The van der Waals surface area contributed by atoms with Crippen LogP contribution < -0.4 is 10.4 Å². The fourth-order valence-corrected chi connectivity index (χ4v) is 9.11. The second kappa shape index (κ2) is 18.2. The van der Waals surface area contributed by atoms with E-state index in [2.05, 4.69) is 219 Å². The molecule has 0 heterocycles. The number of allylic oxidation sites excluding steroid dienone is 10. The number of fused-ring (bicyclic) bond motifs is 4. The SMILES string of the molecule is C.C=C/C(=C\C=C/C(=C)c1ccc2ccccc2c1)c1c(=C/C)/c(=C\C)c(-c2ccc3c(c2)C(C)(C)C(/C=C\C)=C3C)c2cc(-c3ccc4ccccc4c3)ccc12.CC. The number of rotatable bonds is 8.